The van der Waals surface area contributed by atoms with Crippen molar-refractivity contribution in [2.45, 2.75) is 6.18 Å². The zero-order valence-electron chi connectivity index (χ0n) is 13.6. The number of aromatic nitrogens is 2. The van der Waals surface area contributed by atoms with Crippen LogP contribution >= 0.6 is 0 Å². The molecule has 7 nitrogen and oxygen atoms in total. The molecule has 2 aromatic carbocycles. The Balaban J connectivity index is 1.92. The third-order valence-electron chi connectivity index (χ3n) is 3.46. The first-order chi connectivity index (χ1) is 12.8. The van der Waals surface area contributed by atoms with Gasteiger partial charge in [-0.1, -0.05) is 18.2 Å². The minimum absolute atomic E-state index is 0.0291. The lowest BCUT2D eigenvalue weighted by atomic mass is 10.2. The summed E-state index contributed by atoms with van der Waals surface area (Å²) in [7, 11) is 0. The molecule has 1 aromatic heterocycles. The van der Waals surface area contributed by atoms with Gasteiger partial charge in [-0.05, 0) is 24.3 Å². The number of hydrogen-bond acceptors (Lipinski definition) is 6. The molecule has 0 radical (unpaired) electrons. The summed E-state index contributed by atoms with van der Waals surface area (Å²) >= 11 is 0. The van der Waals surface area contributed by atoms with Gasteiger partial charge in [0.15, 0.2) is 0 Å². The normalized spacial score (nSPS) is 11.1. The Morgan fingerprint density at radius 1 is 0.926 bits per heavy atom. The summed E-state index contributed by atoms with van der Waals surface area (Å²) < 4.78 is 39.7. The molecule has 27 heavy (non-hydrogen) atoms. The number of benzene rings is 2. The summed E-state index contributed by atoms with van der Waals surface area (Å²) in [5.41, 5.74) is -0.404. The molecule has 0 amide bonds. The Labute approximate surface area is 151 Å². The summed E-state index contributed by atoms with van der Waals surface area (Å²) in [5.74, 6) is -0.497. The molecule has 0 aliphatic rings. The first-order valence-corrected chi connectivity index (χ1v) is 7.61. The predicted molar refractivity (Wildman–Crippen MR) is 93.1 cm³/mol. The minimum atomic E-state index is -4.67. The number of rotatable bonds is 5. The van der Waals surface area contributed by atoms with Gasteiger partial charge in [0.05, 0.1) is 4.92 Å². The first-order valence-electron chi connectivity index (χ1n) is 7.61. The van der Waals surface area contributed by atoms with Crippen LogP contribution in [0.5, 0.6) is 0 Å². The number of anilines is 4. The smallest absolute Gasteiger partial charge is 0.340 e. The van der Waals surface area contributed by atoms with Gasteiger partial charge >= 0.3 is 6.18 Å². The molecule has 0 aliphatic heterocycles. The van der Waals surface area contributed by atoms with Gasteiger partial charge < -0.3 is 10.6 Å². The predicted octanol–water partition coefficient (Wildman–Crippen LogP) is 4.89. The molecule has 0 unspecified atom stereocenters. The fourth-order valence-corrected chi connectivity index (χ4v) is 2.20. The van der Waals surface area contributed by atoms with Crippen LogP contribution in [-0.4, -0.2) is 14.9 Å². The molecule has 3 rings (SSSR count). The van der Waals surface area contributed by atoms with E-state index in [1.165, 1.54) is 24.3 Å². The van der Waals surface area contributed by atoms with E-state index in [-0.39, 0.29) is 17.3 Å². The highest BCUT2D eigenvalue weighted by molar-refractivity contribution is 5.63. The minimum Gasteiger partial charge on any atom is -0.340 e. The van der Waals surface area contributed by atoms with Crippen LogP contribution in [0.25, 0.3) is 0 Å². The van der Waals surface area contributed by atoms with E-state index in [4.69, 9.17) is 0 Å². The molecule has 10 heteroatoms. The van der Waals surface area contributed by atoms with Gasteiger partial charge in [-0.2, -0.15) is 18.2 Å². The molecule has 0 saturated carbocycles. The van der Waals surface area contributed by atoms with Crippen molar-refractivity contribution < 1.29 is 18.1 Å². The van der Waals surface area contributed by atoms with E-state index in [1.54, 1.807) is 30.3 Å². The van der Waals surface area contributed by atoms with Gasteiger partial charge in [0, 0.05) is 29.7 Å². The molecule has 2 N–H and O–H groups in total. The van der Waals surface area contributed by atoms with E-state index in [0.29, 0.717) is 11.9 Å². The molecule has 0 atom stereocenters. The lowest BCUT2D eigenvalue weighted by molar-refractivity contribution is -0.384. The Morgan fingerprint density at radius 2 is 1.56 bits per heavy atom. The van der Waals surface area contributed by atoms with Crippen molar-refractivity contribution in [1.82, 2.24) is 9.97 Å². The van der Waals surface area contributed by atoms with Gasteiger partial charge in [-0.3, -0.25) is 10.1 Å². The maximum Gasteiger partial charge on any atom is 0.421 e. The molecular weight excluding hydrogens is 363 g/mol. The SMILES string of the molecule is O=[N+]([O-])c1ccc(Nc2nc(Nc3ccccc3)ncc2C(F)(F)F)cc1. The Morgan fingerprint density at radius 3 is 2.15 bits per heavy atom. The molecule has 0 bridgehead atoms. The van der Waals surface area contributed by atoms with Crippen molar-refractivity contribution in [1.29, 1.82) is 0 Å². The van der Waals surface area contributed by atoms with Crippen LogP contribution in [0.2, 0.25) is 0 Å². The lowest BCUT2D eigenvalue weighted by Crippen LogP contribution is -2.12. The van der Waals surface area contributed by atoms with Gasteiger partial charge in [-0.15, -0.1) is 0 Å². The van der Waals surface area contributed by atoms with Crippen molar-refractivity contribution in [3.63, 3.8) is 0 Å². The van der Waals surface area contributed by atoms with Crippen molar-refractivity contribution in [2.24, 2.45) is 0 Å². The lowest BCUT2D eigenvalue weighted by Gasteiger charge is -2.14. The average molecular weight is 375 g/mol. The zero-order valence-corrected chi connectivity index (χ0v) is 13.6. The second-order valence-electron chi connectivity index (χ2n) is 5.37. The van der Waals surface area contributed by atoms with Crippen LogP contribution in [0.1, 0.15) is 5.56 Å². The van der Waals surface area contributed by atoms with E-state index in [0.717, 1.165) is 0 Å². The van der Waals surface area contributed by atoms with E-state index < -0.39 is 22.5 Å². The fourth-order valence-electron chi connectivity index (χ4n) is 2.20. The molecular formula is C17H12F3N5O2. The van der Waals surface area contributed by atoms with Crippen molar-refractivity contribution >= 4 is 28.8 Å². The second-order valence-corrected chi connectivity index (χ2v) is 5.37. The summed E-state index contributed by atoms with van der Waals surface area (Å²) in [6, 6.07) is 13.7. The highest BCUT2D eigenvalue weighted by Crippen LogP contribution is 2.35. The number of non-ortho nitro benzene ring substituents is 1. The largest absolute Gasteiger partial charge is 0.421 e. The fraction of sp³-hybridized carbons (Fsp3) is 0.0588. The van der Waals surface area contributed by atoms with Gasteiger partial charge in [-0.25, -0.2) is 4.98 Å². The highest BCUT2D eigenvalue weighted by Gasteiger charge is 2.35. The molecule has 138 valence electrons. The first kappa shape index (κ1) is 18.1. The van der Waals surface area contributed by atoms with Crippen molar-refractivity contribution in [3.05, 3.63) is 76.5 Å². The second kappa shape index (κ2) is 7.28. The standard InChI is InChI=1S/C17H12F3N5O2/c18-17(19,20)14-10-21-16(23-11-4-2-1-3-5-11)24-15(14)22-12-6-8-13(9-7-12)25(26)27/h1-10H,(H2,21,22,23,24). The summed E-state index contributed by atoms with van der Waals surface area (Å²) in [5, 5.41) is 16.0. The Bertz CT molecular complexity index is 947. The zero-order chi connectivity index (χ0) is 19.4. The van der Waals surface area contributed by atoms with Gasteiger partial charge in [0.1, 0.15) is 11.4 Å². The van der Waals surface area contributed by atoms with Gasteiger partial charge in [0.25, 0.3) is 5.69 Å². The van der Waals surface area contributed by atoms with Crippen LogP contribution in [-0.2, 0) is 6.18 Å². The molecule has 0 spiro atoms. The number of hydrogen-bond donors (Lipinski definition) is 2. The number of para-hydroxylation sites is 1. The van der Waals surface area contributed by atoms with E-state index >= 15 is 0 Å². The summed E-state index contributed by atoms with van der Waals surface area (Å²) in [6.07, 6.45) is -4.00. The molecule has 1 heterocycles. The number of alkyl halides is 3. The number of halogens is 3. The third-order valence-corrected chi connectivity index (χ3v) is 3.46. The number of nitrogens with one attached hydrogen (secondary N) is 2. The van der Waals surface area contributed by atoms with Crippen molar-refractivity contribution in [3.8, 4) is 0 Å². The maximum absolute atomic E-state index is 13.2. The highest BCUT2D eigenvalue weighted by atomic mass is 19.4. The number of nitro groups is 1. The number of nitrogens with zero attached hydrogens (tertiary/aromatic N) is 3. The molecule has 0 saturated heterocycles. The van der Waals surface area contributed by atoms with Crippen LogP contribution in [0.3, 0.4) is 0 Å². The topological polar surface area (TPSA) is 93.0 Å². The van der Waals surface area contributed by atoms with E-state index in [1.807, 2.05) is 0 Å². The van der Waals surface area contributed by atoms with E-state index in [2.05, 4.69) is 20.6 Å². The third kappa shape index (κ3) is 4.48. The van der Waals surface area contributed by atoms with Crippen LogP contribution < -0.4 is 10.6 Å². The van der Waals surface area contributed by atoms with Crippen molar-refractivity contribution in [2.75, 3.05) is 10.6 Å². The Kier molecular flexibility index (Phi) is 4.88. The quantitative estimate of drug-likeness (QED) is 0.487. The molecule has 3 aromatic rings. The number of nitro benzene ring substituents is 1. The van der Waals surface area contributed by atoms with E-state index in [9.17, 15) is 23.3 Å². The van der Waals surface area contributed by atoms with Crippen LogP contribution in [0, 0.1) is 10.1 Å². The Hall–Kier alpha value is -3.69. The van der Waals surface area contributed by atoms with Gasteiger partial charge in [0.2, 0.25) is 5.95 Å². The maximum atomic E-state index is 13.2. The van der Waals surface area contributed by atoms with Crippen LogP contribution in [0.4, 0.5) is 42.0 Å². The summed E-state index contributed by atoms with van der Waals surface area (Å²) in [4.78, 5) is 17.7. The molecule has 0 fully saturated rings. The summed E-state index contributed by atoms with van der Waals surface area (Å²) in [6.45, 7) is 0. The molecule has 0 aliphatic carbocycles. The monoisotopic (exact) mass is 375 g/mol. The average Bonchev–Trinajstić information content (AvgIpc) is 2.62. The van der Waals surface area contributed by atoms with Crippen LogP contribution in [0.15, 0.2) is 60.8 Å².